The minimum Gasteiger partial charge on any atom is -0.208 e. The van der Waals surface area contributed by atoms with Crippen LogP contribution >= 0.6 is 34.8 Å². The molecule has 0 aromatic heterocycles. The second kappa shape index (κ2) is 7.49. The molecule has 1 aromatic rings. The van der Waals surface area contributed by atoms with Gasteiger partial charge in [0.2, 0.25) is 10.0 Å². The van der Waals surface area contributed by atoms with Crippen LogP contribution in [0, 0.1) is 17.8 Å². The lowest BCUT2D eigenvalue weighted by molar-refractivity contribution is 0.188. The van der Waals surface area contributed by atoms with Gasteiger partial charge in [0, 0.05) is 11.1 Å². The Labute approximate surface area is 153 Å². The maximum absolute atomic E-state index is 12.8. The third-order valence-electron chi connectivity index (χ3n) is 4.56. The fourth-order valence-corrected chi connectivity index (χ4v) is 6.23. The molecule has 1 N–H and O–H groups in total. The van der Waals surface area contributed by atoms with Gasteiger partial charge in [-0.25, -0.2) is 13.1 Å². The molecule has 2 rings (SSSR count). The summed E-state index contributed by atoms with van der Waals surface area (Å²) in [5, 5.41) is 0.394. The van der Waals surface area contributed by atoms with E-state index in [9.17, 15) is 8.42 Å². The van der Waals surface area contributed by atoms with E-state index in [1.807, 2.05) is 0 Å². The molecule has 1 aliphatic carbocycles. The average molecular weight is 399 g/mol. The lowest BCUT2D eigenvalue weighted by Gasteiger charge is -2.37. The second-order valence-corrected chi connectivity index (χ2v) is 9.65. The third-order valence-corrected chi connectivity index (χ3v) is 7.19. The Kier molecular flexibility index (Phi) is 6.29. The van der Waals surface area contributed by atoms with Crippen molar-refractivity contribution in [3.63, 3.8) is 0 Å². The van der Waals surface area contributed by atoms with Crippen molar-refractivity contribution in [3.8, 4) is 0 Å². The van der Waals surface area contributed by atoms with Crippen molar-refractivity contribution in [2.45, 2.75) is 51.0 Å². The van der Waals surface area contributed by atoms with E-state index in [0.29, 0.717) is 22.8 Å². The van der Waals surface area contributed by atoms with Gasteiger partial charge in [-0.2, -0.15) is 0 Å². The number of halogens is 3. The molecule has 23 heavy (non-hydrogen) atoms. The van der Waals surface area contributed by atoms with Crippen LogP contribution in [0.3, 0.4) is 0 Å². The monoisotopic (exact) mass is 397 g/mol. The summed E-state index contributed by atoms with van der Waals surface area (Å²) in [5.41, 5.74) is 0. The smallest absolute Gasteiger partial charge is 0.208 e. The van der Waals surface area contributed by atoms with Gasteiger partial charge in [0.25, 0.3) is 0 Å². The molecule has 3 nitrogen and oxygen atoms in total. The van der Waals surface area contributed by atoms with Gasteiger partial charge in [0.15, 0.2) is 0 Å². The molecule has 7 heteroatoms. The zero-order valence-electron chi connectivity index (χ0n) is 13.4. The topological polar surface area (TPSA) is 46.2 Å². The SMILES string of the molecule is CC(C)[C@@H]1CC[C@@H](C)C[C@H]1NS(=O)(=O)c1c(Cl)cc(Cl)cc1Cl. The second-order valence-electron chi connectivity index (χ2n) is 6.75. The molecule has 0 spiro atoms. The van der Waals surface area contributed by atoms with E-state index in [2.05, 4.69) is 25.5 Å². The number of hydrogen-bond acceptors (Lipinski definition) is 2. The number of rotatable bonds is 4. The molecule has 0 aliphatic heterocycles. The Balaban J connectivity index is 2.33. The van der Waals surface area contributed by atoms with E-state index in [4.69, 9.17) is 34.8 Å². The zero-order chi connectivity index (χ0) is 17.4. The lowest BCUT2D eigenvalue weighted by atomic mass is 9.74. The summed E-state index contributed by atoms with van der Waals surface area (Å²) in [6, 6.07) is 2.69. The van der Waals surface area contributed by atoms with E-state index in [-0.39, 0.29) is 21.0 Å². The van der Waals surface area contributed by atoms with E-state index < -0.39 is 10.0 Å². The highest BCUT2D eigenvalue weighted by Crippen LogP contribution is 2.36. The molecule has 0 radical (unpaired) electrons. The Morgan fingerprint density at radius 1 is 1.13 bits per heavy atom. The Morgan fingerprint density at radius 2 is 1.70 bits per heavy atom. The maximum atomic E-state index is 12.8. The van der Waals surface area contributed by atoms with Gasteiger partial charge in [-0.05, 0) is 42.7 Å². The van der Waals surface area contributed by atoms with Gasteiger partial charge in [0.1, 0.15) is 4.90 Å². The van der Waals surface area contributed by atoms with Crippen LogP contribution in [0.25, 0.3) is 0 Å². The zero-order valence-corrected chi connectivity index (χ0v) is 16.5. The molecule has 1 saturated carbocycles. The first kappa shape index (κ1) is 19.3. The molecule has 0 bridgehead atoms. The van der Waals surface area contributed by atoms with Crippen LogP contribution in [0.2, 0.25) is 15.1 Å². The number of sulfonamides is 1. The predicted octanol–water partition coefficient (Wildman–Crippen LogP) is 5.39. The van der Waals surface area contributed by atoms with Gasteiger partial charge in [-0.1, -0.05) is 62.0 Å². The molecule has 1 aromatic carbocycles. The van der Waals surface area contributed by atoms with Crippen LogP contribution in [0.15, 0.2) is 17.0 Å². The highest BCUT2D eigenvalue weighted by atomic mass is 35.5. The Morgan fingerprint density at radius 3 is 2.22 bits per heavy atom. The van der Waals surface area contributed by atoms with Gasteiger partial charge in [-0.3, -0.25) is 0 Å². The van der Waals surface area contributed by atoms with Crippen LogP contribution in [0.4, 0.5) is 0 Å². The molecule has 0 amide bonds. The summed E-state index contributed by atoms with van der Waals surface area (Å²) in [6.07, 6.45) is 2.97. The first-order chi connectivity index (χ1) is 10.6. The van der Waals surface area contributed by atoms with Gasteiger partial charge in [0.05, 0.1) is 10.0 Å². The van der Waals surface area contributed by atoms with Crippen LogP contribution in [-0.4, -0.2) is 14.5 Å². The van der Waals surface area contributed by atoms with E-state index in [1.54, 1.807) is 0 Å². The Hall–Kier alpha value is -0.000000000000000111. The number of benzene rings is 1. The fraction of sp³-hybridized carbons (Fsp3) is 0.625. The minimum absolute atomic E-state index is 0.0416. The molecular weight excluding hydrogens is 377 g/mol. The molecule has 3 atom stereocenters. The van der Waals surface area contributed by atoms with Crippen molar-refractivity contribution in [1.29, 1.82) is 0 Å². The molecule has 0 heterocycles. The summed E-state index contributed by atoms with van der Waals surface area (Å²) < 4.78 is 28.4. The van der Waals surface area contributed by atoms with E-state index >= 15 is 0 Å². The van der Waals surface area contributed by atoms with Crippen LogP contribution in [0.1, 0.15) is 40.0 Å². The molecule has 1 fully saturated rings. The normalized spacial score (nSPS) is 25.8. The maximum Gasteiger partial charge on any atom is 0.243 e. The number of nitrogens with one attached hydrogen (secondary N) is 1. The largest absolute Gasteiger partial charge is 0.243 e. The summed E-state index contributed by atoms with van der Waals surface area (Å²) >= 11 is 18.0. The van der Waals surface area contributed by atoms with Crippen molar-refractivity contribution < 1.29 is 8.42 Å². The van der Waals surface area contributed by atoms with E-state index in [0.717, 1.165) is 19.3 Å². The summed E-state index contributed by atoms with van der Waals surface area (Å²) in [6.45, 7) is 6.41. The van der Waals surface area contributed by atoms with Gasteiger partial charge < -0.3 is 0 Å². The van der Waals surface area contributed by atoms with Crippen LogP contribution in [0.5, 0.6) is 0 Å². The molecule has 130 valence electrons. The van der Waals surface area contributed by atoms with Crippen molar-refractivity contribution in [2.24, 2.45) is 17.8 Å². The lowest BCUT2D eigenvalue weighted by Crippen LogP contribution is -2.45. The van der Waals surface area contributed by atoms with Crippen molar-refractivity contribution in [2.75, 3.05) is 0 Å². The quantitative estimate of drug-likeness (QED) is 0.739. The highest BCUT2D eigenvalue weighted by Gasteiger charge is 2.35. The van der Waals surface area contributed by atoms with Crippen molar-refractivity contribution in [3.05, 3.63) is 27.2 Å². The number of hydrogen-bond donors (Lipinski definition) is 1. The summed E-state index contributed by atoms with van der Waals surface area (Å²) in [5.74, 6) is 1.21. The summed E-state index contributed by atoms with van der Waals surface area (Å²) in [4.78, 5) is -0.0917. The highest BCUT2D eigenvalue weighted by molar-refractivity contribution is 7.89. The van der Waals surface area contributed by atoms with E-state index in [1.165, 1.54) is 12.1 Å². The summed E-state index contributed by atoms with van der Waals surface area (Å²) in [7, 11) is -3.80. The molecule has 0 saturated heterocycles. The Bertz CT molecular complexity index is 653. The molecular formula is C16H22Cl3NO2S. The van der Waals surface area contributed by atoms with Crippen LogP contribution < -0.4 is 4.72 Å². The molecule has 1 aliphatic rings. The minimum atomic E-state index is -3.80. The fourth-order valence-electron chi connectivity index (χ4n) is 3.38. The van der Waals surface area contributed by atoms with Crippen molar-refractivity contribution >= 4 is 44.8 Å². The van der Waals surface area contributed by atoms with Crippen molar-refractivity contribution in [1.82, 2.24) is 4.72 Å². The third kappa shape index (κ3) is 4.55. The average Bonchev–Trinajstić information content (AvgIpc) is 2.35. The van der Waals surface area contributed by atoms with Gasteiger partial charge in [-0.15, -0.1) is 0 Å². The van der Waals surface area contributed by atoms with Gasteiger partial charge >= 0.3 is 0 Å². The van der Waals surface area contributed by atoms with Crippen LogP contribution in [-0.2, 0) is 10.0 Å². The first-order valence-electron chi connectivity index (χ1n) is 7.78. The first-order valence-corrected chi connectivity index (χ1v) is 10.4. The molecule has 0 unspecified atom stereocenters. The standard InChI is InChI=1S/C16H22Cl3NO2S/c1-9(2)12-5-4-10(3)6-15(12)20-23(21,22)16-13(18)7-11(17)8-14(16)19/h7-10,12,15,20H,4-6H2,1-3H3/t10-,12+,15-/m1/s1. The predicted molar refractivity (Wildman–Crippen MR) is 96.9 cm³/mol.